The number of piperidine rings is 1. The molecule has 2 saturated heterocycles. The van der Waals surface area contributed by atoms with Crippen molar-refractivity contribution in [3.63, 3.8) is 0 Å². The zero-order chi connectivity index (χ0) is 27.5. The Morgan fingerprint density at radius 2 is 1.85 bits per heavy atom. The van der Waals surface area contributed by atoms with Crippen molar-refractivity contribution in [2.24, 2.45) is 0 Å². The van der Waals surface area contributed by atoms with E-state index in [1.807, 2.05) is 49.4 Å². The van der Waals surface area contributed by atoms with Gasteiger partial charge in [0.05, 0.1) is 16.9 Å². The molecule has 4 heterocycles. The van der Waals surface area contributed by atoms with E-state index in [4.69, 9.17) is 9.72 Å². The highest BCUT2D eigenvalue weighted by atomic mass is 32.2. The molecule has 3 N–H and O–H groups in total. The molecule has 0 unspecified atom stereocenters. The number of hydrogen-bond acceptors (Lipinski definition) is 8. The van der Waals surface area contributed by atoms with Gasteiger partial charge in [0.25, 0.3) is 0 Å². The number of ether oxygens (including phenoxy) is 1. The Morgan fingerprint density at radius 3 is 2.67 bits per heavy atom. The first-order chi connectivity index (χ1) is 19.5. The van der Waals surface area contributed by atoms with Crippen LogP contribution >= 0.6 is 0 Å². The van der Waals surface area contributed by atoms with Gasteiger partial charge in [-0.1, -0.05) is 24.3 Å². The number of fused-ring (bicyclic) bond motifs is 1. The van der Waals surface area contributed by atoms with Crippen molar-refractivity contribution in [1.29, 1.82) is 0 Å². The first-order valence-electron chi connectivity index (χ1n) is 13.7. The first kappa shape index (κ1) is 26.4. The molecule has 0 amide bonds. The molecule has 0 spiro atoms. The Labute approximate surface area is 234 Å². The van der Waals surface area contributed by atoms with Gasteiger partial charge in [-0.15, -0.1) is 0 Å². The fraction of sp³-hybridized carbons (Fsp3) is 0.345. The summed E-state index contributed by atoms with van der Waals surface area (Å²) in [5.41, 5.74) is 2.84. The predicted molar refractivity (Wildman–Crippen MR) is 157 cm³/mol. The number of nitrogens with zero attached hydrogens (tertiary/aromatic N) is 4. The largest absolute Gasteiger partial charge is 0.437 e. The molecule has 2 aliphatic heterocycles. The summed E-state index contributed by atoms with van der Waals surface area (Å²) in [6.45, 7) is 4.95. The van der Waals surface area contributed by atoms with Crippen molar-refractivity contribution in [2.75, 3.05) is 36.2 Å². The van der Waals surface area contributed by atoms with Crippen LogP contribution in [0.1, 0.15) is 31.2 Å². The SMILES string of the molecule is Cc1ccc2c(NS(=O)(=O)N3CCCC3)cccc2c1Oc1ncccc1-c1ccnc(N[C@H]2CCCNC2)n1. The van der Waals surface area contributed by atoms with Crippen molar-refractivity contribution in [2.45, 2.75) is 38.6 Å². The lowest BCUT2D eigenvalue weighted by atomic mass is 10.0. The number of hydrogen-bond donors (Lipinski definition) is 3. The van der Waals surface area contributed by atoms with Gasteiger partial charge in [0.15, 0.2) is 0 Å². The van der Waals surface area contributed by atoms with Gasteiger partial charge in [-0.2, -0.15) is 12.7 Å². The van der Waals surface area contributed by atoms with E-state index in [-0.39, 0.29) is 6.04 Å². The summed E-state index contributed by atoms with van der Waals surface area (Å²) in [6.07, 6.45) is 7.36. The number of anilines is 2. The van der Waals surface area contributed by atoms with Gasteiger partial charge in [0, 0.05) is 48.8 Å². The fourth-order valence-corrected chi connectivity index (χ4v) is 6.62. The minimum atomic E-state index is -3.64. The molecule has 11 heteroatoms. The van der Waals surface area contributed by atoms with Crippen molar-refractivity contribution in [3.05, 3.63) is 66.5 Å². The molecule has 208 valence electrons. The van der Waals surface area contributed by atoms with E-state index in [0.29, 0.717) is 42.0 Å². The van der Waals surface area contributed by atoms with Crippen LogP contribution in [-0.2, 0) is 10.2 Å². The monoisotopic (exact) mass is 559 g/mol. The second kappa shape index (κ2) is 11.4. The minimum Gasteiger partial charge on any atom is -0.437 e. The second-order valence-corrected chi connectivity index (χ2v) is 11.9. The molecular formula is C29H33N7O3S. The quantitative estimate of drug-likeness (QED) is 0.284. The lowest BCUT2D eigenvalue weighted by Gasteiger charge is -2.23. The normalized spacial score (nSPS) is 18.1. The molecular weight excluding hydrogens is 526 g/mol. The summed E-state index contributed by atoms with van der Waals surface area (Å²) < 4.78 is 36.8. The van der Waals surface area contributed by atoms with Gasteiger partial charge in [0.2, 0.25) is 11.8 Å². The van der Waals surface area contributed by atoms with Gasteiger partial charge in [-0.25, -0.2) is 15.0 Å². The van der Waals surface area contributed by atoms with Gasteiger partial charge < -0.3 is 15.4 Å². The third-order valence-corrected chi connectivity index (χ3v) is 8.91. The summed E-state index contributed by atoms with van der Waals surface area (Å²) >= 11 is 0. The van der Waals surface area contributed by atoms with Crippen LogP contribution < -0.4 is 20.1 Å². The molecule has 40 heavy (non-hydrogen) atoms. The number of pyridine rings is 1. The smallest absolute Gasteiger partial charge is 0.301 e. The number of aryl methyl sites for hydroxylation is 1. The van der Waals surface area contributed by atoms with Crippen LogP contribution in [0.15, 0.2) is 60.9 Å². The number of nitrogens with one attached hydrogen (secondary N) is 3. The van der Waals surface area contributed by atoms with E-state index >= 15 is 0 Å². The average molecular weight is 560 g/mol. The lowest BCUT2D eigenvalue weighted by molar-refractivity contribution is 0.466. The Hall–Kier alpha value is -3.80. The summed E-state index contributed by atoms with van der Waals surface area (Å²) in [5, 5.41) is 8.37. The maximum absolute atomic E-state index is 13.0. The average Bonchev–Trinajstić information content (AvgIpc) is 3.52. The predicted octanol–water partition coefficient (Wildman–Crippen LogP) is 4.71. The molecule has 0 aliphatic carbocycles. The van der Waals surface area contributed by atoms with Gasteiger partial charge in [-0.3, -0.25) is 4.72 Å². The molecule has 0 bridgehead atoms. The van der Waals surface area contributed by atoms with Crippen LogP contribution in [0, 0.1) is 6.92 Å². The second-order valence-electron chi connectivity index (χ2n) is 10.2. The van der Waals surface area contributed by atoms with Crippen LogP contribution in [-0.4, -0.2) is 59.9 Å². The summed E-state index contributed by atoms with van der Waals surface area (Å²) in [5.74, 6) is 1.59. The van der Waals surface area contributed by atoms with E-state index in [1.54, 1.807) is 18.5 Å². The highest BCUT2D eigenvalue weighted by Crippen LogP contribution is 2.39. The Bertz CT molecular complexity index is 1620. The molecule has 0 saturated carbocycles. The van der Waals surface area contributed by atoms with Gasteiger partial charge in [0.1, 0.15) is 5.75 Å². The van der Waals surface area contributed by atoms with E-state index < -0.39 is 10.2 Å². The molecule has 10 nitrogen and oxygen atoms in total. The first-order valence-corrected chi connectivity index (χ1v) is 15.2. The third kappa shape index (κ3) is 5.58. The number of aromatic nitrogens is 3. The van der Waals surface area contributed by atoms with Crippen LogP contribution in [0.3, 0.4) is 0 Å². The zero-order valence-corrected chi connectivity index (χ0v) is 23.2. The molecule has 4 aromatic rings. The van der Waals surface area contributed by atoms with Crippen molar-refractivity contribution >= 4 is 32.6 Å². The maximum Gasteiger partial charge on any atom is 0.301 e. The highest BCUT2D eigenvalue weighted by Gasteiger charge is 2.26. The number of rotatable bonds is 8. The van der Waals surface area contributed by atoms with E-state index in [2.05, 4.69) is 25.3 Å². The highest BCUT2D eigenvalue weighted by molar-refractivity contribution is 7.90. The maximum atomic E-state index is 13.0. The van der Waals surface area contributed by atoms with E-state index in [0.717, 1.165) is 60.7 Å². The van der Waals surface area contributed by atoms with Crippen LogP contribution in [0.2, 0.25) is 0 Å². The van der Waals surface area contributed by atoms with Gasteiger partial charge >= 0.3 is 10.2 Å². The van der Waals surface area contributed by atoms with Crippen LogP contribution in [0.4, 0.5) is 11.6 Å². The van der Waals surface area contributed by atoms with Gasteiger partial charge in [-0.05, 0) is 69.0 Å². The minimum absolute atomic E-state index is 0.282. The molecule has 2 aliphatic rings. The molecule has 0 radical (unpaired) electrons. The fourth-order valence-electron chi connectivity index (χ4n) is 5.30. The lowest BCUT2D eigenvalue weighted by Crippen LogP contribution is -2.38. The molecule has 2 aromatic carbocycles. The van der Waals surface area contributed by atoms with Crippen LogP contribution in [0.5, 0.6) is 11.6 Å². The standard InChI is InChI=1S/C29H33N7O3S/c1-20-11-12-22-23(8-4-10-26(22)35-40(37,38)36-17-2-3-18-36)27(20)39-28-24(9-6-15-31-28)25-13-16-32-29(34-25)33-21-7-5-14-30-19-21/h4,6,8-13,15-16,21,30,35H,2-3,5,7,14,17-19H2,1H3,(H,32,33,34)/t21-/m0/s1. The van der Waals surface area contributed by atoms with E-state index in [9.17, 15) is 8.42 Å². The summed E-state index contributed by atoms with van der Waals surface area (Å²) in [6, 6.07) is 15.3. The summed E-state index contributed by atoms with van der Waals surface area (Å²) in [4.78, 5) is 13.7. The third-order valence-electron chi connectivity index (χ3n) is 7.38. The molecule has 2 fully saturated rings. The van der Waals surface area contributed by atoms with Crippen molar-refractivity contribution < 1.29 is 13.2 Å². The van der Waals surface area contributed by atoms with Crippen molar-refractivity contribution in [1.82, 2.24) is 24.6 Å². The Kier molecular flexibility index (Phi) is 7.50. The Morgan fingerprint density at radius 1 is 0.975 bits per heavy atom. The van der Waals surface area contributed by atoms with Crippen molar-refractivity contribution in [3.8, 4) is 22.9 Å². The molecule has 6 rings (SSSR count). The summed E-state index contributed by atoms with van der Waals surface area (Å²) in [7, 11) is -3.64. The Balaban J connectivity index is 1.32. The molecule has 2 aromatic heterocycles. The topological polar surface area (TPSA) is 121 Å². The zero-order valence-electron chi connectivity index (χ0n) is 22.4. The van der Waals surface area contributed by atoms with E-state index in [1.165, 1.54) is 4.31 Å². The molecule has 1 atom stereocenters. The van der Waals surface area contributed by atoms with Crippen LogP contribution in [0.25, 0.3) is 22.0 Å². The number of benzene rings is 2.